The molecule has 1 heterocycles. The summed E-state index contributed by atoms with van der Waals surface area (Å²) in [6.07, 6.45) is 0.788. The molecule has 3 nitrogen and oxygen atoms in total. The molecule has 19 heavy (non-hydrogen) atoms. The predicted octanol–water partition coefficient (Wildman–Crippen LogP) is 3.01. The molecule has 102 valence electrons. The van der Waals surface area contributed by atoms with Crippen LogP contribution < -0.4 is 5.32 Å². The predicted molar refractivity (Wildman–Crippen MR) is 66.2 cm³/mol. The van der Waals surface area contributed by atoms with Gasteiger partial charge in [0.2, 0.25) is 0 Å². The first kappa shape index (κ1) is 13.5. The molecule has 6 heteroatoms. The van der Waals surface area contributed by atoms with Gasteiger partial charge in [-0.3, -0.25) is 4.68 Å². The zero-order valence-corrected chi connectivity index (χ0v) is 10.7. The molecule has 0 bridgehead atoms. The number of halogens is 3. The van der Waals surface area contributed by atoms with Gasteiger partial charge in [-0.1, -0.05) is 6.92 Å². The van der Waals surface area contributed by atoms with E-state index in [1.165, 1.54) is 0 Å². The van der Waals surface area contributed by atoms with E-state index < -0.39 is 17.5 Å². The largest absolute Gasteiger partial charge is 0.377 e. The summed E-state index contributed by atoms with van der Waals surface area (Å²) in [6, 6.07) is 3.30. The second kappa shape index (κ2) is 5.34. The number of hydrogen-bond acceptors (Lipinski definition) is 2. The second-order valence-corrected chi connectivity index (χ2v) is 4.21. The molecule has 0 aliphatic heterocycles. The average Bonchev–Trinajstić information content (AvgIpc) is 2.73. The van der Waals surface area contributed by atoms with Gasteiger partial charge in [-0.2, -0.15) is 5.10 Å². The molecule has 0 aliphatic rings. The lowest BCUT2D eigenvalue weighted by Gasteiger charge is -2.08. The van der Waals surface area contributed by atoms with Crippen molar-refractivity contribution in [3.63, 3.8) is 0 Å². The van der Waals surface area contributed by atoms with E-state index >= 15 is 0 Å². The van der Waals surface area contributed by atoms with Gasteiger partial charge in [-0.25, -0.2) is 13.2 Å². The molecule has 0 aliphatic carbocycles. The Bertz CT molecular complexity index is 593. The number of nitrogens with one attached hydrogen (secondary N) is 1. The first-order valence-corrected chi connectivity index (χ1v) is 5.91. The molecule has 1 aromatic heterocycles. The maximum Gasteiger partial charge on any atom is 0.182 e. The van der Waals surface area contributed by atoms with E-state index in [-0.39, 0.29) is 12.2 Å². The van der Waals surface area contributed by atoms with Crippen molar-refractivity contribution in [3.05, 3.63) is 47.0 Å². The summed E-state index contributed by atoms with van der Waals surface area (Å²) < 4.78 is 41.1. The Morgan fingerprint density at radius 2 is 1.95 bits per heavy atom. The van der Waals surface area contributed by atoms with Gasteiger partial charge in [0.15, 0.2) is 11.6 Å². The van der Waals surface area contributed by atoms with Crippen LogP contribution in [0.3, 0.4) is 0 Å². The molecule has 2 rings (SSSR count). The summed E-state index contributed by atoms with van der Waals surface area (Å²) >= 11 is 0. The van der Waals surface area contributed by atoms with Crippen molar-refractivity contribution in [1.29, 1.82) is 0 Å². The number of nitrogens with zero attached hydrogens (tertiary/aromatic N) is 2. The Balaban J connectivity index is 2.16. The van der Waals surface area contributed by atoms with E-state index in [1.807, 2.05) is 13.0 Å². The van der Waals surface area contributed by atoms with Gasteiger partial charge in [0.25, 0.3) is 0 Å². The smallest absolute Gasteiger partial charge is 0.182 e. The Morgan fingerprint density at radius 3 is 2.58 bits per heavy atom. The van der Waals surface area contributed by atoms with Gasteiger partial charge in [-0.05, 0) is 12.5 Å². The van der Waals surface area contributed by atoms with E-state index in [0.29, 0.717) is 6.07 Å². The number of hydrogen-bond donors (Lipinski definition) is 1. The Kier molecular flexibility index (Phi) is 3.78. The standard InChI is InChI=1S/C13H14F3N3/c1-3-9-6-10(19(2)18-9)7-17-12-5-8(14)4-11(15)13(12)16/h4-6,17H,3,7H2,1-2H3. The third-order valence-corrected chi connectivity index (χ3v) is 2.84. The molecule has 1 N–H and O–H groups in total. The van der Waals surface area contributed by atoms with Crippen LogP contribution in [-0.4, -0.2) is 9.78 Å². The topological polar surface area (TPSA) is 29.9 Å². The summed E-state index contributed by atoms with van der Waals surface area (Å²) in [5.74, 6) is -3.11. The lowest BCUT2D eigenvalue weighted by molar-refractivity contribution is 0.497. The summed E-state index contributed by atoms with van der Waals surface area (Å²) in [7, 11) is 1.76. The van der Waals surface area contributed by atoms with E-state index in [0.717, 1.165) is 23.9 Å². The highest BCUT2D eigenvalue weighted by molar-refractivity contribution is 5.45. The SMILES string of the molecule is CCc1cc(CNc2cc(F)cc(F)c2F)n(C)n1. The van der Waals surface area contributed by atoms with Crippen molar-refractivity contribution in [2.75, 3.05) is 5.32 Å². The van der Waals surface area contributed by atoms with E-state index in [9.17, 15) is 13.2 Å². The van der Waals surface area contributed by atoms with Crippen molar-refractivity contribution >= 4 is 5.69 Å². The molecule has 0 radical (unpaired) electrons. The van der Waals surface area contributed by atoms with Crippen LogP contribution in [0.25, 0.3) is 0 Å². The van der Waals surface area contributed by atoms with Crippen molar-refractivity contribution in [2.24, 2.45) is 7.05 Å². The molecule has 0 atom stereocenters. The normalized spacial score (nSPS) is 10.8. The molecule has 0 fully saturated rings. The first-order chi connectivity index (χ1) is 9.01. The van der Waals surface area contributed by atoms with Crippen molar-refractivity contribution in [3.8, 4) is 0 Å². The third-order valence-electron chi connectivity index (χ3n) is 2.84. The van der Waals surface area contributed by atoms with Crippen molar-refractivity contribution in [1.82, 2.24) is 9.78 Å². The Morgan fingerprint density at radius 1 is 1.21 bits per heavy atom. The number of aryl methyl sites for hydroxylation is 2. The highest BCUT2D eigenvalue weighted by Crippen LogP contribution is 2.20. The minimum atomic E-state index is -1.21. The minimum Gasteiger partial charge on any atom is -0.377 e. The summed E-state index contributed by atoms with van der Waals surface area (Å²) in [6.45, 7) is 2.21. The molecular weight excluding hydrogens is 255 g/mol. The number of anilines is 1. The van der Waals surface area contributed by atoms with Gasteiger partial charge in [0.05, 0.1) is 23.6 Å². The first-order valence-electron chi connectivity index (χ1n) is 5.91. The van der Waals surface area contributed by atoms with Crippen molar-refractivity contribution < 1.29 is 13.2 Å². The fourth-order valence-corrected chi connectivity index (χ4v) is 1.78. The summed E-state index contributed by atoms with van der Waals surface area (Å²) in [5, 5.41) is 6.91. The number of aromatic nitrogens is 2. The van der Waals surface area contributed by atoms with E-state index in [4.69, 9.17) is 0 Å². The quantitative estimate of drug-likeness (QED) is 0.865. The van der Waals surface area contributed by atoms with E-state index in [2.05, 4.69) is 10.4 Å². The van der Waals surface area contributed by atoms with E-state index in [1.54, 1.807) is 11.7 Å². The van der Waals surface area contributed by atoms with Crippen LogP contribution in [-0.2, 0) is 20.0 Å². The lowest BCUT2D eigenvalue weighted by Crippen LogP contribution is -2.07. The summed E-state index contributed by atoms with van der Waals surface area (Å²) in [5.41, 5.74) is 1.52. The van der Waals surface area contributed by atoms with Gasteiger partial charge < -0.3 is 5.32 Å². The van der Waals surface area contributed by atoms with Gasteiger partial charge in [-0.15, -0.1) is 0 Å². The monoisotopic (exact) mass is 269 g/mol. The Hall–Kier alpha value is -1.98. The van der Waals surface area contributed by atoms with Crippen molar-refractivity contribution in [2.45, 2.75) is 19.9 Å². The zero-order chi connectivity index (χ0) is 14.0. The molecule has 2 aromatic rings. The molecule has 0 saturated heterocycles. The number of rotatable bonds is 4. The molecule has 0 saturated carbocycles. The molecule has 0 unspecified atom stereocenters. The van der Waals surface area contributed by atoms with Crippen LogP contribution in [0.1, 0.15) is 18.3 Å². The zero-order valence-electron chi connectivity index (χ0n) is 10.7. The van der Waals surface area contributed by atoms with Gasteiger partial charge >= 0.3 is 0 Å². The highest BCUT2D eigenvalue weighted by atomic mass is 19.2. The van der Waals surface area contributed by atoms with Crippen LogP contribution in [0, 0.1) is 17.5 Å². The maximum atomic E-state index is 13.4. The minimum absolute atomic E-state index is 0.197. The summed E-state index contributed by atoms with van der Waals surface area (Å²) in [4.78, 5) is 0. The fourth-order valence-electron chi connectivity index (χ4n) is 1.78. The second-order valence-electron chi connectivity index (χ2n) is 4.21. The van der Waals surface area contributed by atoms with Crippen LogP contribution >= 0.6 is 0 Å². The van der Waals surface area contributed by atoms with Crippen LogP contribution in [0.5, 0.6) is 0 Å². The van der Waals surface area contributed by atoms with Crippen LogP contribution in [0.4, 0.5) is 18.9 Å². The van der Waals surface area contributed by atoms with Crippen LogP contribution in [0.2, 0.25) is 0 Å². The van der Waals surface area contributed by atoms with Gasteiger partial charge in [0, 0.05) is 19.2 Å². The van der Waals surface area contributed by atoms with Gasteiger partial charge in [0.1, 0.15) is 5.82 Å². The fraction of sp³-hybridized carbons (Fsp3) is 0.308. The lowest BCUT2D eigenvalue weighted by atomic mass is 10.2. The number of benzene rings is 1. The van der Waals surface area contributed by atoms with Crippen LogP contribution in [0.15, 0.2) is 18.2 Å². The average molecular weight is 269 g/mol. The third kappa shape index (κ3) is 2.89. The Labute approximate surface area is 109 Å². The molecule has 0 amide bonds. The molecule has 1 aromatic carbocycles. The maximum absolute atomic E-state index is 13.4. The molecular formula is C13H14F3N3. The highest BCUT2D eigenvalue weighted by Gasteiger charge is 2.11. The molecule has 0 spiro atoms.